The Kier molecular flexibility index (Phi) is 78.1. The molecule has 2 N–H and O–H groups in total. The zero-order valence-electron chi connectivity index (χ0n) is 76.4. The number of carbonyl (C=O) groups excluding carboxylic acids is 6. The lowest BCUT2D eigenvalue weighted by molar-refractivity contribution is -0.155. The van der Waals surface area contributed by atoms with E-state index < -0.39 is 10.8 Å². The number of nitrogens with one attached hydrogen (secondary N) is 2. The van der Waals surface area contributed by atoms with Crippen molar-refractivity contribution < 1.29 is 47.7 Å². The number of ether oxygens (including phenoxy) is 4. The maximum absolute atomic E-state index is 13.4. The first-order chi connectivity index (χ1) is 54.4. The van der Waals surface area contributed by atoms with Crippen molar-refractivity contribution in [3.8, 4) is 0 Å². The van der Waals surface area contributed by atoms with Gasteiger partial charge in [0.2, 0.25) is 11.8 Å². The number of rotatable bonds is 89. The third-order valence-corrected chi connectivity index (χ3v) is 23.6. The standard InChI is InChI=1S/C98H190N4O10/c1-12-18-24-30-36-38-40-52-66-86-109-95(107)97(8,9)76-60-64-82-101(80-62-50-42-48-58-72-91(103)88(7)111-89(68-54-44-32-26-20-14-3)69-55-45-33-27-21-15-4)84-78-99-92(104)74-75-93(105)100-79-85-102(83-65-61-77-98(10,11)96(108)110-87-67-53-41-39-37-31-25-19-13-2)81-63-51-43-49-59-73-94(106)112-90(70-56-46-34-28-22-16-5)71-57-47-35-29-23-17-6/h88-90H,12-87H2,1-11H3,(H,99,104)(H,100,105)/t88-/m1/s1. The molecule has 0 aliphatic rings. The van der Waals surface area contributed by atoms with Crippen LogP contribution in [0.25, 0.3) is 0 Å². The van der Waals surface area contributed by atoms with E-state index in [-0.39, 0.29) is 66.7 Å². The van der Waals surface area contributed by atoms with Crippen molar-refractivity contribution in [2.24, 2.45) is 10.8 Å². The summed E-state index contributed by atoms with van der Waals surface area (Å²) < 4.78 is 24.3. The Morgan fingerprint density at radius 1 is 0.295 bits per heavy atom. The summed E-state index contributed by atoms with van der Waals surface area (Å²) in [6, 6.07) is 0. The van der Waals surface area contributed by atoms with Crippen molar-refractivity contribution in [1.82, 2.24) is 20.4 Å². The second-order valence-corrected chi connectivity index (χ2v) is 35.7. The highest BCUT2D eigenvalue weighted by Crippen LogP contribution is 2.29. The summed E-state index contributed by atoms with van der Waals surface area (Å²) in [4.78, 5) is 84.8. The minimum Gasteiger partial charge on any atom is -0.465 e. The van der Waals surface area contributed by atoms with Crippen molar-refractivity contribution in [3.63, 3.8) is 0 Å². The molecule has 0 spiro atoms. The molecular formula is C98H190N4O10. The molecule has 0 aliphatic heterocycles. The van der Waals surface area contributed by atoms with Crippen LogP contribution in [0.15, 0.2) is 0 Å². The molecule has 0 radical (unpaired) electrons. The minimum absolute atomic E-state index is 0.0285. The molecular weight excluding hydrogens is 1390 g/mol. The number of amides is 2. The fourth-order valence-corrected chi connectivity index (χ4v) is 15.6. The average molecular weight is 1580 g/mol. The predicted molar refractivity (Wildman–Crippen MR) is 476 cm³/mol. The SMILES string of the molecule is CCCCCCCCCCCOC(=O)C(C)(C)CCCCN(CCCCCCCC(=O)OC(CCCCCCCC)CCCCCCCC)CCNC(=O)CCC(=O)NCCN(CCCCCCCC(=O)[C@@H](C)OC(CCCCCCCC)CCCCCCCC)CCCCC(C)(C)C(=O)OCCCCCCCCCCC. The third kappa shape index (κ3) is 71.0. The van der Waals surface area contributed by atoms with E-state index >= 15 is 0 Å². The van der Waals surface area contributed by atoms with Gasteiger partial charge in [-0.1, -0.05) is 337 Å². The van der Waals surface area contributed by atoms with Crippen LogP contribution in [-0.2, 0) is 47.7 Å². The summed E-state index contributed by atoms with van der Waals surface area (Å²) >= 11 is 0. The summed E-state index contributed by atoms with van der Waals surface area (Å²) in [7, 11) is 0. The molecule has 0 aromatic heterocycles. The van der Waals surface area contributed by atoms with Crippen molar-refractivity contribution in [3.05, 3.63) is 0 Å². The Labute approximate surface area is 694 Å². The first kappa shape index (κ1) is 109. The Balaban J connectivity index is 5.65. The second-order valence-electron chi connectivity index (χ2n) is 35.7. The number of unbranched alkanes of at least 4 members (excludes halogenated alkanes) is 46. The van der Waals surface area contributed by atoms with E-state index in [0.717, 1.165) is 193 Å². The first-order valence-corrected chi connectivity index (χ1v) is 49.1. The molecule has 14 nitrogen and oxygen atoms in total. The molecule has 662 valence electrons. The maximum Gasteiger partial charge on any atom is 0.311 e. The van der Waals surface area contributed by atoms with E-state index in [4.69, 9.17) is 18.9 Å². The summed E-state index contributed by atoms with van der Waals surface area (Å²) in [6.45, 7) is 30.6. The molecule has 0 bridgehead atoms. The topological polar surface area (TPSA) is 170 Å². The van der Waals surface area contributed by atoms with Crippen molar-refractivity contribution in [2.75, 3.05) is 65.6 Å². The van der Waals surface area contributed by atoms with Gasteiger partial charge in [0.05, 0.1) is 30.1 Å². The van der Waals surface area contributed by atoms with E-state index in [1.165, 1.54) is 231 Å². The summed E-state index contributed by atoms with van der Waals surface area (Å²) in [6.07, 6.45) is 72.9. The van der Waals surface area contributed by atoms with E-state index in [0.29, 0.717) is 52.2 Å². The Morgan fingerprint density at radius 3 is 0.893 bits per heavy atom. The Morgan fingerprint density at radius 2 is 0.562 bits per heavy atom. The lowest BCUT2D eigenvalue weighted by Crippen LogP contribution is -2.38. The van der Waals surface area contributed by atoms with Gasteiger partial charge in [-0.3, -0.25) is 28.8 Å². The van der Waals surface area contributed by atoms with Crippen molar-refractivity contribution in [2.45, 2.75) is 518 Å². The minimum atomic E-state index is -0.550. The Bertz CT molecular complexity index is 2090. The molecule has 0 aliphatic carbocycles. The van der Waals surface area contributed by atoms with E-state index in [1.807, 2.05) is 34.6 Å². The van der Waals surface area contributed by atoms with Crippen LogP contribution < -0.4 is 10.6 Å². The van der Waals surface area contributed by atoms with Gasteiger partial charge in [-0.15, -0.1) is 0 Å². The molecule has 14 heteroatoms. The second kappa shape index (κ2) is 80.3. The van der Waals surface area contributed by atoms with Gasteiger partial charge < -0.3 is 39.4 Å². The van der Waals surface area contributed by atoms with E-state index in [1.54, 1.807) is 0 Å². The van der Waals surface area contributed by atoms with Crippen molar-refractivity contribution >= 4 is 35.5 Å². The molecule has 112 heavy (non-hydrogen) atoms. The van der Waals surface area contributed by atoms with Crippen LogP contribution in [0.3, 0.4) is 0 Å². The highest BCUT2D eigenvalue weighted by Gasteiger charge is 2.30. The summed E-state index contributed by atoms with van der Waals surface area (Å²) in [5, 5.41) is 6.26. The van der Waals surface area contributed by atoms with Crippen LogP contribution in [0.2, 0.25) is 0 Å². The van der Waals surface area contributed by atoms with Crippen molar-refractivity contribution in [1.29, 1.82) is 0 Å². The van der Waals surface area contributed by atoms with Crippen LogP contribution in [0.4, 0.5) is 0 Å². The van der Waals surface area contributed by atoms with Gasteiger partial charge in [0.15, 0.2) is 5.78 Å². The number of esters is 3. The number of Topliss-reactive ketones (excluding diaryl/α,β-unsaturated/α-hetero) is 1. The van der Waals surface area contributed by atoms with Crippen LogP contribution in [0, 0.1) is 10.8 Å². The quantitative estimate of drug-likeness (QED) is 0.0336. The third-order valence-electron chi connectivity index (χ3n) is 23.6. The van der Waals surface area contributed by atoms with Crippen LogP contribution in [0.5, 0.6) is 0 Å². The molecule has 0 saturated heterocycles. The van der Waals surface area contributed by atoms with Gasteiger partial charge in [-0.2, -0.15) is 0 Å². The van der Waals surface area contributed by atoms with Crippen LogP contribution >= 0.6 is 0 Å². The highest BCUT2D eigenvalue weighted by atomic mass is 16.5. The maximum atomic E-state index is 13.4. The monoisotopic (exact) mass is 1580 g/mol. The van der Waals surface area contributed by atoms with E-state index in [2.05, 4.69) is 62.0 Å². The largest absolute Gasteiger partial charge is 0.465 e. The number of nitrogens with zero attached hydrogens (tertiary/aromatic N) is 2. The number of carbonyl (C=O) groups is 6. The molecule has 0 unspecified atom stereocenters. The molecule has 2 amide bonds. The number of hydrogen-bond acceptors (Lipinski definition) is 12. The van der Waals surface area contributed by atoms with Crippen LogP contribution in [-0.4, -0.2) is 129 Å². The summed E-state index contributed by atoms with van der Waals surface area (Å²) in [5.41, 5.74) is -1.10. The smallest absolute Gasteiger partial charge is 0.311 e. The normalized spacial score (nSPS) is 12.3. The molecule has 0 heterocycles. The molecule has 0 aromatic rings. The fourth-order valence-electron chi connectivity index (χ4n) is 15.6. The van der Waals surface area contributed by atoms with Gasteiger partial charge in [0.1, 0.15) is 12.2 Å². The molecule has 0 fully saturated rings. The van der Waals surface area contributed by atoms with Gasteiger partial charge in [0, 0.05) is 51.9 Å². The van der Waals surface area contributed by atoms with Gasteiger partial charge in [-0.05, 0) is 164 Å². The Hall–Kier alpha value is -3.10. The number of hydrogen-bond donors (Lipinski definition) is 2. The summed E-state index contributed by atoms with van der Waals surface area (Å²) in [5.74, 6) is -0.238. The average Bonchev–Trinajstić information content (AvgIpc) is 0.890. The van der Waals surface area contributed by atoms with Crippen LogP contribution in [0.1, 0.15) is 500 Å². The molecule has 0 rings (SSSR count). The van der Waals surface area contributed by atoms with E-state index in [9.17, 15) is 28.8 Å². The highest BCUT2D eigenvalue weighted by molar-refractivity contribution is 5.84. The predicted octanol–water partition coefficient (Wildman–Crippen LogP) is 27.1. The van der Waals surface area contributed by atoms with Gasteiger partial charge in [0.25, 0.3) is 0 Å². The zero-order chi connectivity index (χ0) is 82.3. The molecule has 1 atom stereocenters. The molecule has 0 saturated carbocycles. The number of ketones is 1. The lowest BCUT2D eigenvalue weighted by atomic mass is 9.87. The fraction of sp³-hybridized carbons (Fsp3) is 0.939. The zero-order valence-corrected chi connectivity index (χ0v) is 76.4. The first-order valence-electron chi connectivity index (χ1n) is 49.1. The van der Waals surface area contributed by atoms with Gasteiger partial charge in [-0.25, -0.2) is 0 Å². The van der Waals surface area contributed by atoms with Gasteiger partial charge >= 0.3 is 17.9 Å². The molecule has 0 aromatic carbocycles. The lowest BCUT2D eigenvalue weighted by Gasteiger charge is -2.25.